The molecule has 0 amide bonds. The van der Waals surface area contributed by atoms with E-state index in [1.807, 2.05) is 19.9 Å². The highest BCUT2D eigenvalue weighted by molar-refractivity contribution is 5.66. The normalized spacial score (nSPS) is 20.9. The summed E-state index contributed by atoms with van der Waals surface area (Å²) >= 11 is 0. The van der Waals surface area contributed by atoms with Gasteiger partial charge in [0, 0.05) is 12.2 Å². The predicted molar refractivity (Wildman–Crippen MR) is 79.1 cm³/mol. The first-order valence-corrected chi connectivity index (χ1v) is 6.98. The van der Waals surface area contributed by atoms with Crippen LogP contribution >= 0.6 is 0 Å². The Balaban J connectivity index is 1.84. The maximum absolute atomic E-state index is 9.99. The first-order chi connectivity index (χ1) is 10.0. The molecular formula is C15H18N4O2. The molecule has 1 saturated carbocycles. The summed E-state index contributed by atoms with van der Waals surface area (Å²) in [6.07, 6.45) is 2.97. The minimum absolute atomic E-state index is 0.107. The van der Waals surface area contributed by atoms with Crippen LogP contribution in [-0.2, 0) is 0 Å². The fourth-order valence-corrected chi connectivity index (χ4v) is 2.44. The summed E-state index contributed by atoms with van der Waals surface area (Å²) in [5, 5.41) is 30.8. The van der Waals surface area contributed by atoms with E-state index in [4.69, 9.17) is 0 Å². The molecule has 1 aliphatic carbocycles. The molecule has 2 aromatic heterocycles. The van der Waals surface area contributed by atoms with E-state index in [9.17, 15) is 10.2 Å². The van der Waals surface area contributed by atoms with Crippen molar-refractivity contribution in [3.63, 3.8) is 0 Å². The van der Waals surface area contributed by atoms with Crippen molar-refractivity contribution in [3.05, 3.63) is 29.5 Å². The number of aromatic nitrogens is 3. The van der Waals surface area contributed by atoms with Crippen LogP contribution in [0.2, 0.25) is 0 Å². The molecule has 2 aromatic rings. The Bertz CT molecular complexity index is 669. The van der Waals surface area contributed by atoms with Crippen molar-refractivity contribution in [2.75, 3.05) is 5.32 Å². The van der Waals surface area contributed by atoms with Gasteiger partial charge < -0.3 is 15.5 Å². The third-order valence-electron chi connectivity index (χ3n) is 3.68. The van der Waals surface area contributed by atoms with Gasteiger partial charge in [-0.3, -0.25) is 4.98 Å². The van der Waals surface area contributed by atoms with Gasteiger partial charge in [0.1, 0.15) is 23.0 Å². The Morgan fingerprint density at radius 2 is 1.90 bits per heavy atom. The monoisotopic (exact) mass is 286 g/mol. The second kappa shape index (κ2) is 5.29. The Labute approximate surface area is 122 Å². The minimum Gasteiger partial charge on any atom is -0.506 e. The number of pyridine rings is 1. The number of nitrogens with one attached hydrogen (secondary N) is 1. The molecular weight excluding hydrogens is 268 g/mol. The average molecular weight is 286 g/mol. The van der Waals surface area contributed by atoms with Crippen LogP contribution in [-0.4, -0.2) is 37.5 Å². The van der Waals surface area contributed by atoms with Crippen LogP contribution in [0.1, 0.15) is 24.0 Å². The third kappa shape index (κ3) is 2.80. The van der Waals surface area contributed by atoms with Crippen LogP contribution < -0.4 is 5.32 Å². The van der Waals surface area contributed by atoms with E-state index >= 15 is 0 Å². The molecule has 3 N–H and O–H groups in total. The quantitative estimate of drug-likeness (QED) is 0.797. The van der Waals surface area contributed by atoms with E-state index in [2.05, 4.69) is 20.5 Å². The summed E-state index contributed by atoms with van der Waals surface area (Å²) in [5.74, 6) is 0.787. The van der Waals surface area contributed by atoms with E-state index in [1.165, 1.54) is 0 Å². The summed E-state index contributed by atoms with van der Waals surface area (Å²) in [6.45, 7) is 3.78. The van der Waals surface area contributed by atoms with Crippen LogP contribution in [0.5, 0.6) is 5.75 Å². The van der Waals surface area contributed by atoms with Crippen molar-refractivity contribution in [1.29, 1.82) is 0 Å². The zero-order chi connectivity index (χ0) is 15.0. The highest BCUT2D eigenvalue weighted by Crippen LogP contribution is 2.29. The predicted octanol–water partition coefficient (Wildman–Crippen LogP) is 1.80. The van der Waals surface area contributed by atoms with Crippen LogP contribution in [0.15, 0.2) is 18.3 Å². The maximum atomic E-state index is 9.99. The second-order valence-electron chi connectivity index (χ2n) is 5.61. The number of hydrogen-bond donors (Lipinski definition) is 3. The number of aliphatic hydroxyl groups excluding tert-OH is 1. The van der Waals surface area contributed by atoms with Crippen LogP contribution in [0, 0.1) is 13.8 Å². The van der Waals surface area contributed by atoms with Gasteiger partial charge in [0.2, 0.25) is 0 Å². The van der Waals surface area contributed by atoms with Gasteiger partial charge in [0.25, 0.3) is 0 Å². The van der Waals surface area contributed by atoms with Gasteiger partial charge in [0.05, 0.1) is 6.10 Å². The Hall–Kier alpha value is -2.21. The molecule has 6 heteroatoms. The molecule has 0 saturated heterocycles. The molecule has 0 radical (unpaired) electrons. The molecule has 1 aliphatic rings. The zero-order valence-corrected chi connectivity index (χ0v) is 12.0. The average Bonchev–Trinajstić information content (AvgIpc) is 2.38. The van der Waals surface area contributed by atoms with Crippen molar-refractivity contribution >= 4 is 5.82 Å². The van der Waals surface area contributed by atoms with Gasteiger partial charge in [-0.25, -0.2) is 0 Å². The van der Waals surface area contributed by atoms with E-state index in [0.717, 1.165) is 24.0 Å². The molecule has 21 heavy (non-hydrogen) atoms. The summed E-state index contributed by atoms with van der Waals surface area (Å²) < 4.78 is 0. The van der Waals surface area contributed by atoms with Crippen LogP contribution in [0.25, 0.3) is 11.4 Å². The molecule has 0 bridgehead atoms. The van der Waals surface area contributed by atoms with E-state index < -0.39 is 0 Å². The van der Waals surface area contributed by atoms with Gasteiger partial charge in [-0.15, -0.1) is 10.2 Å². The van der Waals surface area contributed by atoms with Crippen molar-refractivity contribution < 1.29 is 10.2 Å². The van der Waals surface area contributed by atoms with E-state index in [0.29, 0.717) is 17.2 Å². The highest BCUT2D eigenvalue weighted by atomic mass is 16.3. The largest absolute Gasteiger partial charge is 0.506 e. The summed E-state index contributed by atoms with van der Waals surface area (Å²) in [4.78, 5) is 4.23. The second-order valence-corrected chi connectivity index (χ2v) is 5.61. The number of nitrogens with zero attached hydrogens (tertiary/aromatic N) is 3. The Morgan fingerprint density at radius 3 is 2.52 bits per heavy atom. The molecule has 110 valence electrons. The van der Waals surface area contributed by atoms with E-state index in [-0.39, 0.29) is 17.9 Å². The molecule has 2 heterocycles. The topological polar surface area (TPSA) is 91.2 Å². The van der Waals surface area contributed by atoms with Crippen molar-refractivity contribution in [3.8, 4) is 17.1 Å². The summed E-state index contributed by atoms with van der Waals surface area (Å²) in [7, 11) is 0. The Morgan fingerprint density at radius 1 is 1.14 bits per heavy atom. The lowest BCUT2D eigenvalue weighted by Gasteiger charge is -2.32. The number of rotatable bonds is 3. The van der Waals surface area contributed by atoms with Crippen molar-refractivity contribution in [2.45, 2.75) is 38.8 Å². The standard InChI is InChI=1S/C15H18N4O2/c1-8-3-12(21)15(16-7-8)14-9(2)4-13(18-19-14)17-10-5-11(20)6-10/h3-4,7,10-11,20-21H,5-6H2,1-2H3,(H,17,18). The first kappa shape index (κ1) is 13.8. The number of aromatic hydroxyl groups is 1. The molecule has 3 rings (SSSR count). The lowest BCUT2D eigenvalue weighted by Crippen LogP contribution is -2.39. The van der Waals surface area contributed by atoms with Gasteiger partial charge in [-0.2, -0.15) is 0 Å². The van der Waals surface area contributed by atoms with Crippen LogP contribution in [0.4, 0.5) is 5.82 Å². The van der Waals surface area contributed by atoms with Gasteiger partial charge in [-0.1, -0.05) is 0 Å². The fourth-order valence-electron chi connectivity index (χ4n) is 2.44. The third-order valence-corrected chi connectivity index (χ3v) is 3.68. The van der Waals surface area contributed by atoms with E-state index in [1.54, 1.807) is 12.3 Å². The number of aryl methyl sites for hydroxylation is 2. The summed E-state index contributed by atoms with van der Waals surface area (Å²) in [5.41, 5.74) is 2.80. The van der Waals surface area contributed by atoms with Crippen molar-refractivity contribution in [2.24, 2.45) is 0 Å². The SMILES string of the molecule is Cc1cnc(-c2nnc(NC3CC(O)C3)cc2C)c(O)c1. The van der Waals surface area contributed by atoms with Crippen molar-refractivity contribution in [1.82, 2.24) is 15.2 Å². The molecule has 0 unspecified atom stereocenters. The van der Waals surface area contributed by atoms with Gasteiger partial charge in [0.15, 0.2) is 0 Å². The lowest BCUT2D eigenvalue weighted by molar-refractivity contribution is 0.0835. The number of aliphatic hydroxyl groups is 1. The summed E-state index contributed by atoms with van der Waals surface area (Å²) in [6, 6.07) is 3.80. The zero-order valence-electron chi connectivity index (χ0n) is 12.0. The molecule has 6 nitrogen and oxygen atoms in total. The molecule has 0 aliphatic heterocycles. The molecule has 1 fully saturated rings. The Kier molecular flexibility index (Phi) is 3.47. The molecule has 0 atom stereocenters. The van der Waals surface area contributed by atoms with Gasteiger partial charge >= 0.3 is 0 Å². The molecule has 0 aromatic carbocycles. The van der Waals surface area contributed by atoms with Crippen LogP contribution in [0.3, 0.4) is 0 Å². The highest BCUT2D eigenvalue weighted by Gasteiger charge is 2.27. The lowest BCUT2D eigenvalue weighted by atomic mass is 9.89. The fraction of sp³-hybridized carbons (Fsp3) is 0.400. The minimum atomic E-state index is -0.204. The van der Waals surface area contributed by atoms with Gasteiger partial charge in [-0.05, 0) is 49.9 Å². The maximum Gasteiger partial charge on any atom is 0.149 e. The number of hydrogen-bond acceptors (Lipinski definition) is 6. The first-order valence-electron chi connectivity index (χ1n) is 6.98. The smallest absolute Gasteiger partial charge is 0.149 e. The number of anilines is 1. The molecule has 0 spiro atoms.